The van der Waals surface area contributed by atoms with Crippen molar-refractivity contribution in [2.45, 2.75) is 58.6 Å². The minimum Gasteiger partial charge on any atom is -0.391 e. The van der Waals surface area contributed by atoms with Crippen molar-refractivity contribution in [2.75, 3.05) is 0 Å². The van der Waals surface area contributed by atoms with Crippen LogP contribution in [0.4, 0.5) is 0 Å². The highest BCUT2D eigenvalue weighted by molar-refractivity contribution is 5.75. The van der Waals surface area contributed by atoms with E-state index < -0.39 is 0 Å². The first-order valence-electron chi connectivity index (χ1n) is 5.21. The molecule has 2 atom stereocenters. The van der Waals surface area contributed by atoms with Crippen LogP contribution in [0.5, 0.6) is 0 Å². The van der Waals surface area contributed by atoms with Crippen molar-refractivity contribution in [1.82, 2.24) is 5.32 Å². The van der Waals surface area contributed by atoms with E-state index in [0.29, 0.717) is 6.42 Å². The van der Waals surface area contributed by atoms with E-state index in [0.717, 1.165) is 19.3 Å². The zero-order valence-corrected chi connectivity index (χ0v) is 8.84. The van der Waals surface area contributed by atoms with Gasteiger partial charge in [-0.05, 0) is 19.3 Å². The third-order valence-electron chi connectivity index (χ3n) is 2.15. The summed E-state index contributed by atoms with van der Waals surface area (Å²) in [6.45, 7) is 5.82. The van der Waals surface area contributed by atoms with Gasteiger partial charge in [-0.3, -0.25) is 4.79 Å². The van der Waals surface area contributed by atoms with E-state index in [2.05, 4.69) is 5.32 Å². The standard InChI is InChI=1S/C8H15NO2.C2H6/c1-2-8(11)9-6-4-3-5-7(6)10;1-2/h6-7,10H,2-5H2,1H3,(H,9,11);1-2H3. The lowest BCUT2D eigenvalue weighted by Crippen LogP contribution is -2.39. The number of hydrogen-bond donors (Lipinski definition) is 2. The molecule has 3 heteroatoms. The molecule has 2 N–H and O–H groups in total. The van der Waals surface area contributed by atoms with Gasteiger partial charge in [0.1, 0.15) is 0 Å². The predicted octanol–water partition coefficient (Wildman–Crippen LogP) is 1.45. The molecule has 1 fully saturated rings. The van der Waals surface area contributed by atoms with Crippen LogP contribution >= 0.6 is 0 Å². The zero-order valence-electron chi connectivity index (χ0n) is 8.84. The lowest BCUT2D eigenvalue weighted by molar-refractivity contribution is -0.122. The third-order valence-corrected chi connectivity index (χ3v) is 2.15. The Balaban J connectivity index is 0.000000671. The lowest BCUT2D eigenvalue weighted by Gasteiger charge is -2.15. The predicted molar refractivity (Wildman–Crippen MR) is 53.4 cm³/mol. The highest BCUT2D eigenvalue weighted by Crippen LogP contribution is 2.18. The van der Waals surface area contributed by atoms with Gasteiger partial charge in [0.15, 0.2) is 0 Å². The highest BCUT2D eigenvalue weighted by Gasteiger charge is 2.25. The molecule has 3 nitrogen and oxygen atoms in total. The summed E-state index contributed by atoms with van der Waals surface area (Å²) >= 11 is 0. The molecule has 0 bridgehead atoms. The largest absolute Gasteiger partial charge is 0.391 e. The van der Waals surface area contributed by atoms with Crippen LogP contribution in [-0.4, -0.2) is 23.2 Å². The van der Waals surface area contributed by atoms with Crippen molar-refractivity contribution in [3.63, 3.8) is 0 Å². The number of hydrogen-bond acceptors (Lipinski definition) is 2. The van der Waals surface area contributed by atoms with Crippen molar-refractivity contribution < 1.29 is 9.90 Å². The number of carbonyl (C=O) groups is 1. The summed E-state index contributed by atoms with van der Waals surface area (Å²) in [4.78, 5) is 10.9. The Bertz CT molecular complexity index is 148. The molecule has 1 amide bonds. The fraction of sp³-hybridized carbons (Fsp3) is 0.900. The number of aliphatic hydroxyl groups excluding tert-OH is 1. The second-order valence-electron chi connectivity index (χ2n) is 3.03. The Morgan fingerprint density at radius 2 is 2.08 bits per heavy atom. The first-order chi connectivity index (χ1) is 6.24. The summed E-state index contributed by atoms with van der Waals surface area (Å²) in [7, 11) is 0. The van der Waals surface area contributed by atoms with Crippen LogP contribution in [0, 0.1) is 0 Å². The smallest absolute Gasteiger partial charge is 0.220 e. The van der Waals surface area contributed by atoms with E-state index >= 15 is 0 Å². The molecule has 0 saturated heterocycles. The molecule has 1 aliphatic rings. The zero-order chi connectivity index (χ0) is 10.3. The Hall–Kier alpha value is -0.570. The van der Waals surface area contributed by atoms with Crippen LogP contribution in [0.25, 0.3) is 0 Å². The van der Waals surface area contributed by atoms with Crippen LogP contribution in [0.1, 0.15) is 46.5 Å². The topological polar surface area (TPSA) is 49.3 Å². The number of nitrogens with one attached hydrogen (secondary N) is 1. The van der Waals surface area contributed by atoms with E-state index in [9.17, 15) is 9.90 Å². The van der Waals surface area contributed by atoms with Crippen molar-refractivity contribution in [1.29, 1.82) is 0 Å². The number of aliphatic hydroxyl groups is 1. The van der Waals surface area contributed by atoms with Gasteiger partial charge in [-0.15, -0.1) is 0 Å². The van der Waals surface area contributed by atoms with E-state index in [1.54, 1.807) is 0 Å². The van der Waals surface area contributed by atoms with Crippen molar-refractivity contribution in [3.05, 3.63) is 0 Å². The normalized spacial score (nSPS) is 26.2. The molecule has 13 heavy (non-hydrogen) atoms. The van der Waals surface area contributed by atoms with Gasteiger partial charge in [0, 0.05) is 6.42 Å². The Morgan fingerprint density at radius 1 is 1.46 bits per heavy atom. The average molecular weight is 187 g/mol. The fourth-order valence-electron chi connectivity index (χ4n) is 1.42. The van der Waals surface area contributed by atoms with Gasteiger partial charge < -0.3 is 10.4 Å². The van der Waals surface area contributed by atoms with Gasteiger partial charge in [-0.25, -0.2) is 0 Å². The van der Waals surface area contributed by atoms with Crippen molar-refractivity contribution >= 4 is 5.91 Å². The molecule has 1 rings (SSSR count). The van der Waals surface area contributed by atoms with Crippen LogP contribution in [0.15, 0.2) is 0 Å². The van der Waals surface area contributed by atoms with Gasteiger partial charge in [-0.1, -0.05) is 20.8 Å². The molecule has 0 heterocycles. The molecular formula is C10H21NO2. The summed E-state index contributed by atoms with van der Waals surface area (Å²) in [6, 6.07) is 0.0162. The summed E-state index contributed by atoms with van der Waals surface area (Å²) < 4.78 is 0. The number of carbonyl (C=O) groups excluding carboxylic acids is 1. The quantitative estimate of drug-likeness (QED) is 0.687. The molecule has 2 unspecified atom stereocenters. The van der Waals surface area contributed by atoms with E-state index in [4.69, 9.17) is 0 Å². The van der Waals surface area contributed by atoms with Gasteiger partial charge in [0.25, 0.3) is 0 Å². The molecule has 0 spiro atoms. The first kappa shape index (κ1) is 12.4. The summed E-state index contributed by atoms with van der Waals surface area (Å²) in [5.74, 6) is 0.0379. The number of rotatable bonds is 2. The maximum Gasteiger partial charge on any atom is 0.220 e. The second-order valence-corrected chi connectivity index (χ2v) is 3.03. The molecule has 1 saturated carbocycles. The highest BCUT2D eigenvalue weighted by atomic mass is 16.3. The summed E-state index contributed by atoms with van der Waals surface area (Å²) in [5.41, 5.74) is 0. The van der Waals surface area contributed by atoms with Crippen LogP contribution in [0.2, 0.25) is 0 Å². The summed E-state index contributed by atoms with van der Waals surface area (Å²) in [5, 5.41) is 12.1. The van der Waals surface area contributed by atoms with Gasteiger partial charge in [0.2, 0.25) is 5.91 Å². The second kappa shape index (κ2) is 6.89. The Labute approximate surface area is 80.5 Å². The van der Waals surface area contributed by atoms with Crippen molar-refractivity contribution in [2.24, 2.45) is 0 Å². The fourth-order valence-corrected chi connectivity index (χ4v) is 1.42. The molecule has 0 radical (unpaired) electrons. The Kier molecular flexibility index (Phi) is 6.59. The molecule has 1 aliphatic carbocycles. The monoisotopic (exact) mass is 187 g/mol. The summed E-state index contributed by atoms with van der Waals surface area (Å²) in [6.07, 6.45) is 2.96. The molecule has 78 valence electrons. The molecule has 0 aromatic carbocycles. The number of amides is 1. The van der Waals surface area contributed by atoms with Crippen LogP contribution in [0.3, 0.4) is 0 Å². The van der Waals surface area contributed by atoms with E-state index in [1.807, 2.05) is 20.8 Å². The average Bonchev–Trinajstić information content (AvgIpc) is 2.55. The molecular weight excluding hydrogens is 166 g/mol. The molecule has 0 aromatic heterocycles. The molecule has 0 aromatic rings. The lowest BCUT2D eigenvalue weighted by atomic mass is 10.2. The maximum atomic E-state index is 10.9. The van der Waals surface area contributed by atoms with E-state index in [1.165, 1.54) is 0 Å². The first-order valence-corrected chi connectivity index (χ1v) is 5.21. The molecule has 0 aliphatic heterocycles. The van der Waals surface area contributed by atoms with Crippen LogP contribution in [-0.2, 0) is 4.79 Å². The SMILES string of the molecule is CC.CCC(=O)NC1CCCC1O. The maximum absolute atomic E-state index is 10.9. The van der Waals surface area contributed by atoms with Gasteiger partial charge in [0.05, 0.1) is 12.1 Å². The van der Waals surface area contributed by atoms with Crippen LogP contribution < -0.4 is 5.32 Å². The Morgan fingerprint density at radius 3 is 2.46 bits per heavy atom. The van der Waals surface area contributed by atoms with Crippen molar-refractivity contribution in [3.8, 4) is 0 Å². The minimum atomic E-state index is -0.314. The van der Waals surface area contributed by atoms with Gasteiger partial charge >= 0.3 is 0 Å². The minimum absolute atomic E-state index is 0.0162. The van der Waals surface area contributed by atoms with Gasteiger partial charge in [-0.2, -0.15) is 0 Å². The third kappa shape index (κ3) is 4.27. The van der Waals surface area contributed by atoms with E-state index in [-0.39, 0.29) is 18.1 Å².